The molecule has 0 spiro atoms. The van der Waals surface area contributed by atoms with E-state index in [1.54, 1.807) is 6.92 Å². The Morgan fingerprint density at radius 1 is 0.935 bits per heavy atom. The Hall–Kier alpha value is -2.18. The lowest BCUT2D eigenvalue weighted by Crippen LogP contribution is -2.62. The molecule has 0 aliphatic heterocycles. The lowest BCUT2D eigenvalue weighted by atomic mass is 9.42. The molecule has 3 rings (SSSR count). The smallest absolute Gasteiger partial charge is 0.333 e. The Labute approximate surface area is 183 Å². The van der Waals surface area contributed by atoms with Gasteiger partial charge in [0.2, 0.25) is 0 Å². The van der Waals surface area contributed by atoms with Crippen molar-refractivity contribution in [1.82, 2.24) is 0 Å². The van der Waals surface area contributed by atoms with Gasteiger partial charge >= 0.3 is 17.9 Å². The fourth-order valence-corrected chi connectivity index (χ4v) is 7.35. The van der Waals surface area contributed by atoms with Gasteiger partial charge in [-0.2, -0.15) is 0 Å². The van der Waals surface area contributed by atoms with Gasteiger partial charge in [-0.25, -0.2) is 4.79 Å². The maximum atomic E-state index is 13.2. The average molecular weight is 435 g/mol. The Kier molecular flexibility index (Phi) is 5.87. The average Bonchev–Trinajstić information content (AvgIpc) is 2.99. The minimum absolute atomic E-state index is 0.0147. The van der Waals surface area contributed by atoms with Crippen LogP contribution in [0.25, 0.3) is 0 Å². The summed E-state index contributed by atoms with van der Waals surface area (Å²) in [5.74, 6) is -1.43. The van der Waals surface area contributed by atoms with E-state index in [4.69, 9.17) is 14.2 Å². The third-order valence-electron chi connectivity index (χ3n) is 8.69. The third kappa shape index (κ3) is 3.23. The fourth-order valence-electron chi connectivity index (χ4n) is 7.35. The number of ketones is 1. The predicted molar refractivity (Wildman–Crippen MR) is 112 cm³/mol. The number of esters is 3. The molecule has 7 nitrogen and oxygen atoms in total. The molecule has 0 aromatic heterocycles. The molecule has 3 fully saturated rings. The molecule has 31 heavy (non-hydrogen) atoms. The molecular formula is C24H34O7. The maximum Gasteiger partial charge on any atom is 0.333 e. The monoisotopic (exact) mass is 434 g/mol. The third-order valence-corrected chi connectivity index (χ3v) is 8.69. The van der Waals surface area contributed by atoms with Gasteiger partial charge in [0.25, 0.3) is 0 Å². The van der Waals surface area contributed by atoms with Crippen LogP contribution in [0, 0.1) is 28.1 Å². The van der Waals surface area contributed by atoms with Crippen molar-refractivity contribution in [2.45, 2.75) is 72.8 Å². The zero-order valence-corrected chi connectivity index (χ0v) is 19.6. The molecule has 172 valence electrons. The van der Waals surface area contributed by atoms with Crippen molar-refractivity contribution >= 4 is 23.7 Å². The van der Waals surface area contributed by atoms with Gasteiger partial charge in [0.15, 0.2) is 5.78 Å². The predicted octanol–water partition coefficient (Wildman–Crippen LogP) is 3.39. The molecule has 0 aromatic rings. The van der Waals surface area contributed by atoms with Crippen LogP contribution in [0.5, 0.6) is 0 Å². The van der Waals surface area contributed by atoms with Crippen molar-refractivity contribution in [2.24, 2.45) is 28.1 Å². The van der Waals surface area contributed by atoms with Crippen molar-refractivity contribution in [3.05, 3.63) is 11.1 Å². The topological polar surface area (TPSA) is 96.0 Å². The van der Waals surface area contributed by atoms with Crippen LogP contribution in [-0.4, -0.2) is 44.0 Å². The zero-order chi connectivity index (χ0) is 23.4. The normalized spacial score (nSPS) is 41.0. The Morgan fingerprint density at radius 3 is 2.13 bits per heavy atom. The van der Waals surface area contributed by atoms with E-state index >= 15 is 0 Å². The molecule has 1 unspecified atom stereocenters. The first kappa shape index (κ1) is 23.5. The van der Waals surface area contributed by atoms with E-state index in [0.29, 0.717) is 36.8 Å². The molecule has 0 saturated heterocycles. The van der Waals surface area contributed by atoms with Crippen LogP contribution in [0.15, 0.2) is 11.1 Å². The van der Waals surface area contributed by atoms with Gasteiger partial charge in [0, 0.05) is 29.9 Å². The van der Waals surface area contributed by atoms with Gasteiger partial charge in [-0.15, -0.1) is 0 Å². The Morgan fingerprint density at radius 2 is 1.58 bits per heavy atom. The van der Waals surface area contributed by atoms with Gasteiger partial charge in [0.05, 0.1) is 14.2 Å². The van der Waals surface area contributed by atoms with Crippen LogP contribution in [0.4, 0.5) is 0 Å². The summed E-state index contributed by atoms with van der Waals surface area (Å²) in [6.45, 7) is 9.07. The molecule has 3 aliphatic carbocycles. The fraction of sp³-hybridized carbons (Fsp3) is 0.750. The van der Waals surface area contributed by atoms with E-state index in [1.165, 1.54) is 21.1 Å². The first-order chi connectivity index (χ1) is 14.4. The van der Waals surface area contributed by atoms with Crippen LogP contribution in [0.2, 0.25) is 0 Å². The summed E-state index contributed by atoms with van der Waals surface area (Å²) in [6, 6.07) is 0. The quantitative estimate of drug-likeness (QED) is 0.382. The number of allylic oxidation sites excluding steroid dienone is 1. The first-order valence-corrected chi connectivity index (χ1v) is 11.0. The number of carbonyl (C=O) groups is 4. The van der Waals surface area contributed by atoms with Gasteiger partial charge in [-0.1, -0.05) is 13.8 Å². The Balaban J connectivity index is 2.10. The molecular weight excluding hydrogens is 400 g/mol. The number of carbonyl (C=O) groups excluding carboxylic acids is 4. The summed E-state index contributed by atoms with van der Waals surface area (Å²) in [7, 11) is 2.68. The minimum Gasteiger partial charge on any atom is -0.468 e. The highest BCUT2D eigenvalue weighted by Crippen LogP contribution is 2.69. The number of methoxy groups -OCH3 is 2. The van der Waals surface area contributed by atoms with Gasteiger partial charge in [-0.05, 0) is 56.8 Å². The lowest BCUT2D eigenvalue weighted by molar-refractivity contribution is -0.206. The van der Waals surface area contributed by atoms with E-state index < -0.39 is 28.9 Å². The van der Waals surface area contributed by atoms with Crippen molar-refractivity contribution in [2.75, 3.05) is 14.2 Å². The number of rotatable bonds is 3. The van der Waals surface area contributed by atoms with Gasteiger partial charge in [-0.3, -0.25) is 14.4 Å². The molecule has 0 aromatic carbocycles. The number of hydrogen-bond donors (Lipinski definition) is 0. The second-order valence-corrected chi connectivity index (χ2v) is 10.1. The van der Waals surface area contributed by atoms with E-state index in [0.717, 1.165) is 6.42 Å². The van der Waals surface area contributed by atoms with E-state index in [2.05, 4.69) is 13.8 Å². The number of Topliss-reactive ketones (excluding diaryl/α,β-unsaturated/α-hetero) is 1. The van der Waals surface area contributed by atoms with Crippen molar-refractivity contribution < 1.29 is 33.4 Å². The summed E-state index contributed by atoms with van der Waals surface area (Å²) in [5.41, 5.74) is -0.858. The van der Waals surface area contributed by atoms with Crippen LogP contribution >= 0.6 is 0 Å². The molecule has 7 heteroatoms. The van der Waals surface area contributed by atoms with Crippen molar-refractivity contribution in [3.63, 3.8) is 0 Å². The van der Waals surface area contributed by atoms with Crippen LogP contribution in [0.3, 0.4) is 0 Å². The highest BCUT2D eigenvalue weighted by molar-refractivity contribution is 6.06. The summed E-state index contributed by atoms with van der Waals surface area (Å²) < 4.78 is 15.7. The SMILES string of the molecule is COC(=O)/C(C)=C1\C(=O)CC2[C@]1(C)CC[C@H]1[C@@](C)(C(=O)OC)[C@H](OC(C)=O)CC[C@]21C. The highest BCUT2D eigenvalue weighted by atomic mass is 16.6. The first-order valence-electron chi connectivity index (χ1n) is 11.0. The molecule has 0 amide bonds. The summed E-state index contributed by atoms with van der Waals surface area (Å²) in [4.78, 5) is 50.2. The second-order valence-electron chi connectivity index (χ2n) is 10.1. The standard InChI is InChI=1S/C24H34O7/c1-13(20(27)29-6)19-15(26)12-17-22(3)11-9-18(31-14(2)25)24(5,21(28)30-7)16(22)8-10-23(17,19)4/h16-18H,8-12H2,1-7H3/b19-13+/t16-,17?,18-,22+,23+,24-/m1/s1. The molecule has 3 aliphatic rings. The summed E-state index contributed by atoms with van der Waals surface area (Å²) in [6.07, 6.45) is 2.34. The molecule has 0 bridgehead atoms. The second kappa shape index (κ2) is 7.75. The number of ether oxygens (including phenoxy) is 3. The molecule has 0 heterocycles. The van der Waals surface area contributed by atoms with Gasteiger partial charge in [0.1, 0.15) is 11.5 Å². The van der Waals surface area contributed by atoms with Crippen molar-refractivity contribution in [1.29, 1.82) is 0 Å². The molecule has 0 radical (unpaired) electrons. The molecule has 3 saturated carbocycles. The Bertz CT molecular complexity index is 858. The minimum atomic E-state index is -0.998. The number of hydrogen-bond acceptors (Lipinski definition) is 7. The molecule has 6 atom stereocenters. The van der Waals surface area contributed by atoms with Crippen LogP contribution in [-0.2, 0) is 33.4 Å². The number of fused-ring (bicyclic) bond motifs is 3. The van der Waals surface area contributed by atoms with E-state index in [-0.39, 0.29) is 29.0 Å². The van der Waals surface area contributed by atoms with E-state index in [9.17, 15) is 19.2 Å². The maximum absolute atomic E-state index is 13.2. The van der Waals surface area contributed by atoms with Gasteiger partial charge < -0.3 is 14.2 Å². The zero-order valence-electron chi connectivity index (χ0n) is 19.6. The molecule has 0 N–H and O–H groups in total. The summed E-state index contributed by atoms with van der Waals surface area (Å²) >= 11 is 0. The summed E-state index contributed by atoms with van der Waals surface area (Å²) in [5, 5.41) is 0. The largest absolute Gasteiger partial charge is 0.468 e. The van der Waals surface area contributed by atoms with Crippen LogP contribution in [0.1, 0.15) is 66.7 Å². The van der Waals surface area contributed by atoms with E-state index in [1.807, 2.05) is 6.92 Å². The lowest BCUT2D eigenvalue weighted by Gasteiger charge is -2.61. The van der Waals surface area contributed by atoms with Crippen LogP contribution < -0.4 is 0 Å². The highest BCUT2D eigenvalue weighted by Gasteiger charge is 2.68. The van der Waals surface area contributed by atoms with Crippen molar-refractivity contribution in [3.8, 4) is 0 Å².